The van der Waals surface area contributed by atoms with E-state index in [1.54, 1.807) is 18.5 Å². The second-order valence-corrected chi connectivity index (χ2v) is 5.43. The molecule has 112 valence electrons. The Bertz CT molecular complexity index is 886. The Balaban J connectivity index is 2.04. The topological polar surface area (TPSA) is 54.7 Å². The van der Waals surface area contributed by atoms with Crippen LogP contribution in [0.2, 0.25) is 0 Å². The van der Waals surface area contributed by atoms with E-state index in [0.717, 1.165) is 0 Å². The number of fused-ring (bicyclic) bond motifs is 1. The number of hydrogen-bond donors (Lipinski definition) is 0. The Hall–Kier alpha value is -2.54. The number of thiazole rings is 1. The molecule has 2 aromatic heterocycles. The van der Waals surface area contributed by atoms with E-state index in [2.05, 4.69) is 4.98 Å². The molecule has 0 aliphatic rings. The summed E-state index contributed by atoms with van der Waals surface area (Å²) >= 11 is 1.32. The Labute approximate surface area is 129 Å². The molecule has 7 heteroatoms. The van der Waals surface area contributed by atoms with Crippen LogP contribution in [0, 0.1) is 5.82 Å². The maximum Gasteiger partial charge on any atom is 0.271 e. The maximum atomic E-state index is 13.0. The molecule has 0 saturated carbocycles. The van der Waals surface area contributed by atoms with Crippen molar-refractivity contribution in [1.82, 2.24) is 9.38 Å². The molecule has 0 atom stereocenters. The second kappa shape index (κ2) is 5.69. The highest BCUT2D eigenvalue weighted by Crippen LogP contribution is 2.17. The van der Waals surface area contributed by atoms with Crippen LogP contribution in [0.5, 0.6) is 0 Å². The van der Waals surface area contributed by atoms with Gasteiger partial charge >= 0.3 is 0 Å². The highest BCUT2D eigenvalue weighted by atomic mass is 32.1. The van der Waals surface area contributed by atoms with Gasteiger partial charge in [-0.1, -0.05) is 0 Å². The maximum absolute atomic E-state index is 13.0. The monoisotopic (exact) mass is 317 g/mol. The Kier molecular flexibility index (Phi) is 3.72. The fourth-order valence-corrected chi connectivity index (χ4v) is 2.86. The predicted octanol–water partition coefficient (Wildman–Crippen LogP) is 2.56. The van der Waals surface area contributed by atoms with Crippen molar-refractivity contribution >= 4 is 27.9 Å². The van der Waals surface area contributed by atoms with E-state index >= 15 is 0 Å². The highest BCUT2D eigenvalue weighted by molar-refractivity contribution is 7.15. The number of carbonyl (C=O) groups excluding carboxylic acids is 1. The molecule has 3 aromatic rings. The van der Waals surface area contributed by atoms with Crippen LogP contribution in [0.4, 0.5) is 10.1 Å². The molecule has 0 radical (unpaired) electrons. The molecule has 1 aromatic carbocycles. The van der Waals surface area contributed by atoms with Crippen molar-refractivity contribution in [3.05, 3.63) is 63.8 Å². The lowest BCUT2D eigenvalue weighted by Crippen LogP contribution is -2.35. The Morgan fingerprint density at radius 3 is 2.77 bits per heavy atom. The molecule has 3 rings (SSSR count). The lowest BCUT2D eigenvalue weighted by atomic mass is 10.2. The summed E-state index contributed by atoms with van der Waals surface area (Å²) in [6.45, 7) is 2.14. The smallest absolute Gasteiger partial charge is 0.271 e. The van der Waals surface area contributed by atoms with Crippen LogP contribution in [-0.4, -0.2) is 21.8 Å². The van der Waals surface area contributed by atoms with Crippen molar-refractivity contribution in [2.45, 2.75) is 6.92 Å². The SMILES string of the molecule is CCN(C(=O)c1cnc2sccn2c1=O)c1ccc(F)cc1. The number of nitrogens with zero attached hydrogens (tertiary/aromatic N) is 3. The zero-order chi connectivity index (χ0) is 15.7. The minimum atomic E-state index is -0.452. The van der Waals surface area contributed by atoms with Gasteiger partial charge in [0.1, 0.15) is 11.4 Å². The summed E-state index contributed by atoms with van der Waals surface area (Å²) in [5.74, 6) is -0.833. The lowest BCUT2D eigenvalue weighted by molar-refractivity contribution is 0.0986. The molecule has 1 amide bonds. The van der Waals surface area contributed by atoms with Gasteiger partial charge in [0, 0.05) is 30.0 Å². The molecule has 0 bridgehead atoms. The molecule has 22 heavy (non-hydrogen) atoms. The zero-order valence-corrected chi connectivity index (χ0v) is 12.5. The van der Waals surface area contributed by atoms with Crippen molar-refractivity contribution in [1.29, 1.82) is 0 Å². The van der Waals surface area contributed by atoms with E-state index in [9.17, 15) is 14.0 Å². The number of rotatable bonds is 3. The molecule has 0 spiro atoms. The van der Waals surface area contributed by atoms with Crippen LogP contribution >= 0.6 is 11.3 Å². The molecule has 0 fully saturated rings. The lowest BCUT2D eigenvalue weighted by Gasteiger charge is -2.20. The first-order valence-corrected chi connectivity index (χ1v) is 7.52. The molecule has 5 nitrogen and oxygen atoms in total. The highest BCUT2D eigenvalue weighted by Gasteiger charge is 2.20. The normalized spacial score (nSPS) is 10.8. The first kappa shape index (κ1) is 14.4. The largest absolute Gasteiger partial charge is 0.308 e. The van der Waals surface area contributed by atoms with E-state index in [1.807, 2.05) is 0 Å². The first-order chi connectivity index (χ1) is 10.6. The van der Waals surface area contributed by atoms with Gasteiger partial charge in [0.05, 0.1) is 0 Å². The van der Waals surface area contributed by atoms with Crippen molar-refractivity contribution < 1.29 is 9.18 Å². The van der Waals surface area contributed by atoms with E-state index in [1.165, 1.54) is 51.1 Å². The Morgan fingerprint density at radius 1 is 1.36 bits per heavy atom. The summed E-state index contributed by atoms with van der Waals surface area (Å²) in [5.41, 5.74) is 0.114. The number of halogens is 1. The summed E-state index contributed by atoms with van der Waals surface area (Å²) in [6, 6.07) is 5.56. The van der Waals surface area contributed by atoms with Crippen LogP contribution in [0.15, 0.2) is 46.8 Å². The van der Waals surface area contributed by atoms with Gasteiger partial charge in [0.2, 0.25) is 0 Å². The van der Waals surface area contributed by atoms with E-state index in [-0.39, 0.29) is 11.4 Å². The third-order valence-electron chi connectivity index (χ3n) is 3.27. The minimum absolute atomic E-state index is 0.0120. The first-order valence-electron chi connectivity index (χ1n) is 6.64. The fraction of sp³-hybridized carbons (Fsp3) is 0.133. The van der Waals surface area contributed by atoms with Crippen molar-refractivity contribution in [3.8, 4) is 0 Å². The van der Waals surface area contributed by atoms with Crippen molar-refractivity contribution in [2.24, 2.45) is 0 Å². The third kappa shape index (κ3) is 2.39. The zero-order valence-electron chi connectivity index (χ0n) is 11.7. The minimum Gasteiger partial charge on any atom is -0.308 e. The van der Waals surface area contributed by atoms with Crippen molar-refractivity contribution in [2.75, 3.05) is 11.4 Å². The molecule has 0 saturated heterocycles. The van der Waals surface area contributed by atoms with Gasteiger partial charge in [0.15, 0.2) is 4.96 Å². The second-order valence-electron chi connectivity index (χ2n) is 4.56. The number of aromatic nitrogens is 2. The van der Waals surface area contributed by atoms with Crippen LogP contribution in [0.25, 0.3) is 4.96 Å². The third-order valence-corrected chi connectivity index (χ3v) is 4.04. The molecule has 0 aliphatic carbocycles. The van der Waals surface area contributed by atoms with E-state index in [0.29, 0.717) is 17.2 Å². The number of amides is 1. The predicted molar refractivity (Wildman–Crippen MR) is 83.1 cm³/mol. The molecule has 2 heterocycles. The van der Waals surface area contributed by atoms with Gasteiger partial charge in [-0.3, -0.25) is 14.0 Å². The number of anilines is 1. The summed E-state index contributed by atoms with van der Waals surface area (Å²) in [5, 5.41) is 1.73. The van der Waals surface area contributed by atoms with Gasteiger partial charge in [-0.15, -0.1) is 11.3 Å². The number of carbonyl (C=O) groups is 1. The Morgan fingerprint density at radius 2 is 2.09 bits per heavy atom. The van der Waals surface area contributed by atoms with Crippen LogP contribution in [0.3, 0.4) is 0 Å². The summed E-state index contributed by atoms with van der Waals surface area (Å²) in [6.07, 6.45) is 2.88. The van der Waals surface area contributed by atoms with Gasteiger partial charge < -0.3 is 4.90 Å². The molecule has 0 aliphatic heterocycles. The van der Waals surface area contributed by atoms with Gasteiger partial charge in [-0.2, -0.15) is 0 Å². The summed E-state index contributed by atoms with van der Waals surface area (Å²) in [4.78, 5) is 31.1. The molecular weight excluding hydrogens is 305 g/mol. The molecular formula is C15H12FN3O2S. The van der Waals surface area contributed by atoms with Crippen LogP contribution in [0.1, 0.15) is 17.3 Å². The fourth-order valence-electron chi connectivity index (χ4n) is 2.18. The van der Waals surface area contributed by atoms with E-state index in [4.69, 9.17) is 0 Å². The molecule has 0 unspecified atom stereocenters. The average molecular weight is 317 g/mol. The number of hydrogen-bond acceptors (Lipinski definition) is 4. The quantitative estimate of drug-likeness (QED) is 0.746. The number of benzene rings is 1. The van der Waals surface area contributed by atoms with E-state index < -0.39 is 11.5 Å². The summed E-state index contributed by atoms with van der Waals surface area (Å²) < 4.78 is 14.4. The van der Waals surface area contributed by atoms with Crippen LogP contribution in [-0.2, 0) is 0 Å². The van der Waals surface area contributed by atoms with Crippen molar-refractivity contribution in [3.63, 3.8) is 0 Å². The van der Waals surface area contributed by atoms with Gasteiger partial charge in [-0.05, 0) is 31.2 Å². The van der Waals surface area contributed by atoms with Gasteiger partial charge in [0.25, 0.3) is 11.5 Å². The summed E-state index contributed by atoms with van der Waals surface area (Å²) in [7, 11) is 0. The average Bonchev–Trinajstić information content (AvgIpc) is 2.99. The van der Waals surface area contributed by atoms with Crippen LogP contribution < -0.4 is 10.5 Å². The standard InChI is InChI=1S/C15H12FN3O2S/c1-2-18(11-5-3-10(16)4-6-11)13(20)12-9-17-15-19(14(12)21)7-8-22-15/h3-9H,2H2,1H3. The van der Waals surface area contributed by atoms with Gasteiger partial charge in [-0.25, -0.2) is 9.37 Å². The molecule has 0 N–H and O–H groups in total.